The van der Waals surface area contributed by atoms with E-state index in [1.54, 1.807) is 19.5 Å². The first kappa shape index (κ1) is 13.5. The minimum atomic E-state index is -0.917. The van der Waals surface area contributed by atoms with Gasteiger partial charge in [0.2, 0.25) is 0 Å². The van der Waals surface area contributed by atoms with Crippen molar-refractivity contribution in [3.05, 3.63) is 53.6 Å². The average Bonchev–Trinajstić information content (AvgIpc) is 2.45. The molecule has 0 aromatic carbocycles. The second-order valence-electron chi connectivity index (χ2n) is 4.49. The van der Waals surface area contributed by atoms with Gasteiger partial charge in [-0.05, 0) is 32.0 Å². The van der Waals surface area contributed by atoms with Gasteiger partial charge in [0.1, 0.15) is 11.4 Å². The van der Waals surface area contributed by atoms with E-state index in [1.165, 1.54) is 0 Å². The normalized spacial score (nSPS) is 13.9. The quantitative estimate of drug-likeness (QED) is 0.791. The van der Waals surface area contributed by atoms with Gasteiger partial charge in [-0.3, -0.25) is 9.97 Å². The maximum absolute atomic E-state index is 6.02. The van der Waals surface area contributed by atoms with Gasteiger partial charge in [-0.2, -0.15) is 0 Å². The molecule has 0 saturated heterocycles. The van der Waals surface area contributed by atoms with Crippen LogP contribution in [0.3, 0.4) is 0 Å². The molecule has 4 heteroatoms. The predicted molar refractivity (Wildman–Crippen MR) is 72.9 cm³/mol. The van der Waals surface area contributed by atoms with Crippen molar-refractivity contribution in [2.45, 2.75) is 26.6 Å². The Balaban J connectivity index is 2.36. The van der Waals surface area contributed by atoms with Crippen LogP contribution in [0.1, 0.15) is 23.9 Å². The Morgan fingerprint density at radius 2 is 1.84 bits per heavy atom. The van der Waals surface area contributed by atoms with Gasteiger partial charge in [-0.1, -0.05) is 6.07 Å². The first-order valence-electron chi connectivity index (χ1n) is 6.14. The highest BCUT2D eigenvalue weighted by molar-refractivity contribution is 5.34. The standard InChI is InChI=1S/C15H18N2O2/c1-11-12(2)16-10-8-13(11)19-15(3,18-4)14-7-5-6-9-17-14/h5-10H,1-4H3. The fourth-order valence-electron chi connectivity index (χ4n) is 1.77. The summed E-state index contributed by atoms with van der Waals surface area (Å²) in [5, 5.41) is 0. The number of ether oxygens (including phenoxy) is 2. The lowest BCUT2D eigenvalue weighted by Crippen LogP contribution is -2.33. The van der Waals surface area contributed by atoms with Crippen LogP contribution in [0.2, 0.25) is 0 Å². The number of rotatable bonds is 4. The largest absolute Gasteiger partial charge is 0.456 e. The van der Waals surface area contributed by atoms with Crippen molar-refractivity contribution in [1.29, 1.82) is 0 Å². The average molecular weight is 258 g/mol. The smallest absolute Gasteiger partial charge is 0.251 e. The zero-order chi connectivity index (χ0) is 13.9. The first-order chi connectivity index (χ1) is 9.07. The Hall–Kier alpha value is -1.94. The minimum absolute atomic E-state index is 0.728. The number of aryl methyl sites for hydroxylation is 1. The van der Waals surface area contributed by atoms with Crippen LogP contribution in [0.25, 0.3) is 0 Å². The van der Waals surface area contributed by atoms with E-state index in [-0.39, 0.29) is 0 Å². The Kier molecular flexibility index (Phi) is 3.81. The van der Waals surface area contributed by atoms with Crippen molar-refractivity contribution < 1.29 is 9.47 Å². The molecular weight excluding hydrogens is 240 g/mol. The molecule has 0 radical (unpaired) electrons. The Labute approximate surface area is 113 Å². The third-order valence-electron chi connectivity index (χ3n) is 3.23. The summed E-state index contributed by atoms with van der Waals surface area (Å²) in [6.07, 6.45) is 3.45. The van der Waals surface area contributed by atoms with Crippen molar-refractivity contribution in [2.75, 3.05) is 7.11 Å². The molecule has 2 rings (SSSR count). The number of aromatic nitrogens is 2. The molecule has 0 spiro atoms. The van der Waals surface area contributed by atoms with E-state index >= 15 is 0 Å². The third-order valence-corrected chi connectivity index (χ3v) is 3.23. The summed E-state index contributed by atoms with van der Waals surface area (Å²) < 4.78 is 11.5. The first-order valence-corrected chi connectivity index (χ1v) is 6.14. The van der Waals surface area contributed by atoms with E-state index in [2.05, 4.69) is 9.97 Å². The highest BCUT2D eigenvalue weighted by Crippen LogP contribution is 2.29. The van der Waals surface area contributed by atoms with E-state index in [0.717, 1.165) is 22.7 Å². The van der Waals surface area contributed by atoms with Gasteiger partial charge in [0.05, 0.1) is 0 Å². The van der Waals surface area contributed by atoms with Crippen molar-refractivity contribution in [3.63, 3.8) is 0 Å². The summed E-state index contributed by atoms with van der Waals surface area (Å²) >= 11 is 0. The van der Waals surface area contributed by atoms with Crippen LogP contribution in [-0.4, -0.2) is 17.1 Å². The molecule has 0 aliphatic heterocycles. The maximum atomic E-state index is 6.02. The van der Waals surface area contributed by atoms with Crippen LogP contribution >= 0.6 is 0 Å². The van der Waals surface area contributed by atoms with Crippen LogP contribution in [-0.2, 0) is 10.5 Å². The molecule has 0 aliphatic carbocycles. The van der Waals surface area contributed by atoms with E-state index < -0.39 is 5.79 Å². The summed E-state index contributed by atoms with van der Waals surface area (Å²) in [5.74, 6) is -0.165. The summed E-state index contributed by atoms with van der Waals surface area (Å²) in [6.45, 7) is 5.78. The van der Waals surface area contributed by atoms with Gasteiger partial charge in [0.25, 0.3) is 5.79 Å². The number of methoxy groups -OCH3 is 1. The number of nitrogens with zero attached hydrogens (tertiary/aromatic N) is 2. The second-order valence-corrected chi connectivity index (χ2v) is 4.49. The highest BCUT2D eigenvalue weighted by atomic mass is 16.7. The molecule has 4 nitrogen and oxygen atoms in total. The topological polar surface area (TPSA) is 44.2 Å². The SMILES string of the molecule is COC(C)(Oc1ccnc(C)c1C)c1ccccn1. The monoisotopic (exact) mass is 258 g/mol. The molecule has 100 valence electrons. The Morgan fingerprint density at radius 3 is 2.47 bits per heavy atom. The molecule has 0 aliphatic rings. The van der Waals surface area contributed by atoms with E-state index in [1.807, 2.05) is 45.0 Å². The molecule has 0 fully saturated rings. The molecule has 1 atom stereocenters. The third kappa shape index (κ3) is 2.74. The van der Waals surface area contributed by atoms with Gasteiger partial charge in [-0.25, -0.2) is 0 Å². The van der Waals surface area contributed by atoms with Crippen LogP contribution in [0.4, 0.5) is 0 Å². The molecular formula is C15H18N2O2. The molecule has 2 aromatic rings. The predicted octanol–water partition coefficient (Wildman–Crippen LogP) is 2.99. The highest BCUT2D eigenvalue weighted by Gasteiger charge is 2.30. The van der Waals surface area contributed by atoms with Gasteiger partial charge < -0.3 is 9.47 Å². The van der Waals surface area contributed by atoms with Crippen LogP contribution in [0.5, 0.6) is 5.75 Å². The van der Waals surface area contributed by atoms with Crippen LogP contribution in [0.15, 0.2) is 36.7 Å². The van der Waals surface area contributed by atoms with Crippen LogP contribution < -0.4 is 4.74 Å². The number of hydrogen-bond donors (Lipinski definition) is 0. The van der Waals surface area contributed by atoms with Crippen molar-refractivity contribution >= 4 is 0 Å². The van der Waals surface area contributed by atoms with Crippen molar-refractivity contribution in [1.82, 2.24) is 9.97 Å². The lowest BCUT2D eigenvalue weighted by molar-refractivity contribution is -0.160. The van der Waals surface area contributed by atoms with Crippen molar-refractivity contribution in [3.8, 4) is 5.75 Å². The molecule has 0 saturated carbocycles. The fourth-order valence-corrected chi connectivity index (χ4v) is 1.77. The van der Waals surface area contributed by atoms with E-state index in [0.29, 0.717) is 0 Å². The summed E-state index contributed by atoms with van der Waals surface area (Å²) in [7, 11) is 1.61. The molecule has 0 bridgehead atoms. The fraction of sp³-hybridized carbons (Fsp3) is 0.333. The zero-order valence-corrected chi connectivity index (χ0v) is 11.7. The van der Waals surface area contributed by atoms with Crippen molar-refractivity contribution in [2.24, 2.45) is 0 Å². The van der Waals surface area contributed by atoms with Gasteiger partial charge in [0.15, 0.2) is 0 Å². The summed E-state index contributed by atoms with van der Waals surface area (Å²) in [6, 6.07) is 7.49. The molecule has 2 aromatic heterocycles. The Bertz CT molecular complexity index is 557. The van der Waals surface area contributed by atoms with Gasteiger partial charge >= 0.3 is 0 Å². The summed E-state index contributed by atoms with van der Waals surface area (Å²) in [4.78, 5) is 8.54. The van der Waals surface area contributed by atoms with E-state index in [9.17, 15) is 0 Å². The maximum Gasteiger partial charge on any atom is 0.251 e. The van der Waals surface area contributed by atoms with E-state index in [4.69, 9.17) is 9.47 Å². The lowest BCUT2D eigenvalue weighted by atomic mass is 10.1. The van der Waals surface area contributed by atoms with Gasteiger partial charge in [-0.15, -0.1) is 0 Å². The second kappa shape index (κ2) is 5.36. The number of pyridine rings is 2. The summed E-state index contributed by atoms with van der Waals surface area (Å²) in [5.41, 5.74) is 2.67. The Morgan fingerprint density at radius 1 is 1.05 bits per heavy atom. The lowest BCUT2D eigenvalue weighted by Gasteiger charge is -2.29. The molecule has 1 unspecified atom stereocenters. The minimum Gasteiger partial charge on any atom is -0.456 e. The molecule has 2 heterocycles. The molecule has 19 heavy (non-hydrogen) atoms. The van der Waals surface area contributed by atoms with Gasteiger partial charge in [0, 0.05) is 37.7 Å². The molecule has 0 amide bonds. The molecule has 0 N–H and O–H groups in total. The number of hydrogen-bond acceptors (Lipinski definition) is 4. The van der Waals surface area contributed by atoms with Crippen LogP contribution in [0, 0.1) is 13.8 Å². The zero-order valence-electron chi connectivity index (χ0n) is 11.7.